The van der Waals surface area contributed by atoms with Gasteiger partial charge in [0, 0.05) is 24.1 Å². The molecule has 21 heavy (non-hydrogen) atoms. The molecule has 0 saturated carbocycles. The number of benzene rings is 1. The van der Waals surface area contributed by atoms with E-state index in [0.29, 0.717) is 10.7 Å². The van der Waals surface area contributed by atoms with Crippen LogP contribution in [0, 0.1) is 10.1 Å². The van der Waals surface area contributed by atoms with Crippen LogP contribution in [0.25, 0.3) is 0 Å². The maximum Gasteiger partial charge on any atom is 0.269 e. The first-order valence-corrected chi connectivity index (χ1v) is 7.25. The number of nitro benzene ring substituents is 1. The van der Waals surface area contributed by atoms with Crippen molar-refractivity contribution in [2.45, 2.75) is 19.8 Å². The first-order valence-electron chi connectivity index (χ1n) is 6.44. The molecule has 0 spiro atoms. The Labute approximate surface area is 125 Å². The molecule has 0 aliphatic heterocycles. The highest BCUT2D eigenvalue weighted by Gasteiger charge is 2.10. The minimum atomic E-state index is -0.497. The van der Waals surface area contributed by atoms with Crippen molar-refractivity contribution in [3.8, 4) is 0 Å². The summed E-state index contributed by atoms with van der Waals surface area (Å²) in [6.07, 6.45) is 1.87. The van der Waals surface area contributed by atoms with Crippen molar-refractivity contribution in [1.82, 2.24) is 10.2 Å². The fourth-order valence-corrected chi connectivity index (χ4v) is 2.50. The van der Waals surface area contributed by atoms with Gasteiger partial charge in [-0.05, 0) is 18.6 Å². The van der Waals surface area contributed by atoms with E-state index >= 15 is 0 Å². The lowest BCUT2D eigenvalue weighted by atomic mass is 10.1. The Morgan fingerprint density at radius 2 is 2.05 bits per heavy atom. The lowest BCUT2D eigenvalue weighted by molar-refractivity contribution is -0.384. The smallest absolute Gasteiger partial charge is 0.269 e. The van der Waals surface area contributed by atoms with E-state index in [2.05, 4.69) is 22.4 Å². The summed E-state index contributed by atoms with van der Waals surface area (Å²) >= 11 is 1.43. The molecule has 1 aromatic carbocycles. The molecule has 1 heterocycles. The second kappa shape index (κ2) is 6.89. The summed E-state index contributed by atoms with van der Waals surface area (Å²) in [6, 6.07) is 5.53. The summed E-state index contributed by atoms with van der Waals surface area (Å²) in [7, 11) is 0. The average molecular weight is 306 g/mol. The maximum absolute atomic E-state index is 12.0. The van der Waals surface area contributed by atoms with Gasteiger partial charge in [0.25, 0.3) is 5.69 Å². The van der Waals surface area contributed by atoms with Crippen LogP contribution in [0.2, 0.25) is 0 Å². The van der Waals surface area contributed by atoms with Gasteiger partial charge >= 0.3 is 0 Å². The largest absolute Gasteiger partial charge is 0.353 e. The number of carbonyl (C=O) groups excluding carboxylic acids is 1. The van der Waals surface area contributed by atoms with Gasteiger partial charge in [-0.2, -0.15) is 0 Å². The van der Waals surface area contributed by atoms with Gasteiger partial charge in [-0.25, -0.2) is 0 Å². The first kappa shape index (κ1) is 15.0. The van der Waals surface area contributed by atoms with Crippen LogP contribution in [0.15, 0.2) is 24.3 Å². The number of nitrogens with zero attached hydrogens (tertiary/aromatic N) is 3. The molecule has 0 radical (unpaired) electrons. The number of nitrogens with one attached hydrogen (secondary N) is 1. The number of aryl methyl sites for hydroxylation is 1. The highest BCUT2D eigenvalue weighted by Crippen LogP contribution is 2.17. The standard InChI is InChI=1S/C13H14N4O3S/c1-2-3-12-15-16-13(21-12)14-8-11(18)9-4-6-10(7-5-9)17(19)20/h4-7H,2-3,8H2,1H3,(H,14,16). The SMILES string of the molecule is CCCc1nnc(NCC(=O)c2ccc([N+](=O)[O-])cc2)s1. The zero-order valence-electron chi connectivity index (χ0n) is 11.4. The molecule has 1 N–H and O–H groups in total. The first-order chi connectivity index (χ1) is 10.1. The van der Waals surface area contributed by atoms with E-state index in [4.69, 9.17) is 0 Å². The average Bonchev–Trinajstić information content (AvgIpc) is 2.93. The molecule has 2 rings (SSSR count). The quantitative estimate of drug-likeness (QED) is 0.480. The molecule has 0 unspecified atom stereocenters. The molecule has 8 heteroatoms. The van der Waals surface area contributed by atoms with Crippen molar-refractivity contribution in [3.63, 3.8) is 0 Å². The molecule has 0 bridgehead atoms. The van der Waals surface area contributed by atoms with E-state index in [0.717, 1.165) is 17.8 Å². The summed E-state index contributed by atoms with van der Waals surface area (Å²) in [5.41, 5.74) is 0.388. The Bertz CT molecular complexity index is 639. The third-order valence-corrected chi connectivity index (χ3v) is 3.67. The predicted octanol–water partition coefficient (Wildman–Crippen LogP) is 2.69. The topological polar surface area (TPSA) is 98.0 Å². The lowest BCUT2D eigenvalue weighted by Crippen LogP contribution is -2.13. The van der Waals surface area contributed by atoms with E-state index in [1.54, 1.807) is 0 Å². The number of Topliss-reactive ketones (excluding diaryl/α,β-unsaturated/α-hetero) is 1. The van der Waals surface area contributed by atoms with Crippen LogP contribution < -0.4 is 5.32 Å². The van der Waals surface area contributed by atoms with E-state index in [9.17, 15) is 14.9 Å². The van der Waals surface area contributed by atoms with Crippen molar-refractivity contribution < 1.29 is 9.72 Å². The van der Waals surface area contributed by atoms with Gasteiger partial charge in [0.2, 0.25) is 5.13 Å². The lowest BCUT2D eigenvalue weighted by Gasteiger charge is -2.01. The van der Waals surface area contributed by atoms with Crippen LogP contribution in [0.3, 0.4) is 0 Å². The van der Waals surface area contributed by atoms with Gasteiger partial charge in [-0.1, -0.05) is 18.3 Å². The fourth-order valence-electron chi connectivity index (χ4n) is 1.67. The van der Waals surface area contributed by atoms with Crippen LogP contribution >= 0.6 is 11.3 Å². The van der Waals surface area contributed by atoms with Gasteiger partial charge < -0.3 is 5.32 Å². The van der Waals surface area contributed by atoms with Gasteiger partial charge in [0.15, 0.2) is 5.78 Å². The molecule has 0 aliphatic carbocycles. The molecular weight excluding hydrogens is 292 g/mol. The minimum absolute atomic E-state index is 0.0344. The Balaban J connectivity index is 1.92. The number of non-ortho nitro benzene ring substituents is 1. The molecule has 0 saturated heterocycles. The third kappa shape index (κ3) is 4.06. The van der Waals surface area contributed by atoms with Crippen molar-refractivity contribution >= 4 is 27.9 Å². The molecule has 0 amide bonds. The van der Waals surface area contributed by atoms with E-state index in [1.807, 2.05) is 0 Å². The number of nitro groups is 1. The summed E-state index contributed by atoms with van der Waals surface area (Å²) in [5, 5.41) is 23.0. The monoisotopic (exact) mass is 306 g/mol. The zero-order chi connectivity index (χ0) is 15.2. The maximum atomic E-state index is 12.0. The van der Waals surface area contributed by atoms with Crippen molar-refractivity contribution in [2.24, 2.45) is 0 Å². The number of carbonyl (C=O) groups is 1. The molecular formula is C13H14N4O3S. The number of aromatic nitrogens is 2. The van der Waals surface area contributed by atoms with Gasteiger partial charge in [-0.3, -0.25) is 14.9 Å². The van der Waals surface area contributed by atoms with Gasteiger partial charge in [0.05, 0.1) is 11.5 Å². The van der Waals surface area contributed by atoms with E-state index in [-0.39, 0.29) is 18.0 Å². The van der Waals surface area contributed by atoms with Crippen LogP contribution in [0.1, 0.15) is 28.7 Å². The summed E-state index contributed by atoms with van der Waals surface area (Å²) in [5.74, 6) is -0.155. The highest BCUT2D eigenvalue weighted by atomic mass is 32.1. The molecule has 0 aliphatic rings. The highest BCUT2D eigenvalue weighted by molar-refractivity contribution is 7.15. The molecule has 0 fully saturated rings. The van der Waals surface area contributed by atoms with E-state index < -0.39 is 4.92 Å². The number of rotatable bonds is 7. The molecule has 0 atom stereocenters. The Morgan fingerprint density at radius 1 is 1.33 bits per heavy atom. The van der Waals surface area contributed by atoms with Gasteiger partial charge in [-0.15, -0.1) is 10.2 Å². The Kier molecular flexibility index (Phi) is 4.94. The van der Waals surface area contributed by atoms with Gasteiger partial charge in [0.1, 0.15) is 5.01 Å². The molecule has 2 aromatic rings. The number of hydrogen-bond acceptors (Lipinski definition) is 7. The zero-order valence-corrected chi connectivity index (χ0v) is 12.2. The predicted molar refractivity (Wildman–Crippen MR) is 79.8 cm³/mol. The summed E-state index contributed by atoms with van der Waals surface area (Å²) < 4.78 is 0. The van der Waals surface area contributed by atoms with Crippen molar-refractivity contribution in [3.05, 3.63) is 45.0 Å². The van der Waals surface area contributed by atoms with Crippen LogP contribution in [0.4, 0.5) is 10.8 Å². The molecule has 110 valence electrons. The number of ketones is 1. The third-order valence-electron chi connectivity index (χ3n) is 2.73. The van der Waals surface area contributed by atoms with Crippen LogP contribution in [-0.4, -0.2) is 27.4 Å². The van der Waals surface area contributed by atoms with E-state index in [1.165, 1.54) is 35.6 Å². The number of hydrogen-bond donors (Lipinski definition) is 1. The Hall–Kier alpha value is -2.35. The molecule has 1 aromatic heterocycles. The summed E-state index contributed by atoms with van der Waals surface area (Å²) in [4.78, 5) is 22.0. The second-order valence-electron chi connectivity index (χ2n) is 4.33. The van der Waals surface area contributed by atoms with Crippen molar-refractivity contribution in [2.75, 3.05) is 11.9 Å². The van der Waals surface area contributed by atoms with Crippen LogP contribution in [-0.2, 0) is 6.42 Å². The molecule has 7 nitrogen and oxygen atoms in total. The number of anilines is 1. The second-order valence-corrected chi connectivity index (χ2v) is 5.39. The van der Waals surface area contributed by atoms with Crippen LogP contribution in [0.5, 0.6) is 0 Å². The normalized spacial score (nSPS) is 10.3. The minimum Gasteiger partial charge on any atom is -0.353 e. The summed E-state index contributed by atoms with van der Waals surface area (Å²) in [6.45, 7) is 2.14. The fraction of sp³-hybridized carbons (Fsp3) is 0.308. The Morgan fingerprint density at radius 3 is 2.67 bits per heavy atom. The van der Waals surface area contributed by atoms with Crippen molar-refractivity contribution in [1.29, 1.82) is 0 Å².